The Bertz CT molecular complexity index is 458. The van der Waals surface area contributed by atoms with Crippen LogP contribution in [0.1, 0.15) is 23.2 Å². The maximum Gasteiger partial charge on any atom is 0.251 e. The van der Waals surface area contributed by atoms with Crippen LogP contribution >= 0.6 is 0 Å². The Kier molecular flexibility index (Phi) is 3.52. The molecule has 5 heteroatoms. The summed E-state index contributed by atoms with van der Waals surface area (Å²) in [6.45, 7) is 0.530. The van der Waals surface area contributed by atoms with Gasteiger partial charge in [-0.05, 0) is 31.0 Å². The highest BCUT2D eigenvalue weighted by Gasteiger charge is 2.42. The number of benzene rings is 1. The third-order valence-electron chi connectivity index (χ3n) is 3.33. The van der Waals surface area contributed by atoms with Crippen LogP contribution in [0.25, 0.3) is 0 Å². The normalized spacial score (nSPS) is 16.2. The van der Waals surface area contributed by atoms with Crippen molar-refractivity contribution in [2.75, 3.05) is 20.3 Å². The minimum atomic E-state index is -0.497. The zero-order valence-electron chi connectivity index (χ0n) is 10.2. The molecule has 0 unspecified atom stereocenters. The number of nitrogens with one attached hydrogen (secondary N) is 1. The fourth-order valence-electron chi connectivity index (χ4n) is 1.74. The third kappa shape index (κ3) is 2.61. The van der Waals surface area contributed by atoms with Crippen molar-refractivity contribution >= 4 is 5.91 Å². The number of hydrogen-bond acceptors (Lipinski definition) is 3. The van der Waals surface area contributed by atoms with E-state index in [1.807, 2.05) is 0 Å². The predicted molar refractivity (Wildman–Crippen MR) is 64.0 cm³/mol. The molecular weight excluding hydrogens is 237 g/mol. The molecule has 0 spiro atoms. The summed E-state index contributed by atoms with van der Waals surface area (Å²) in [5.74, 6) is -0.734. The zero-order valence-corrected chi connectivity index (χ0v) is 10.2. The van der Waals surface area contributed by atoms with Gasteiger partial charge < -0.3 is 15.2 Å². The Morgan fingerprint density at radius 2 is 2.28 bits per heavy atom. The van der Waals surface area contributed by atoms with Gasteiger partial charge in [0.2, 0.25) is 0 Å². The first kappa shape index (κ1) is 12.8. The molecule has 1 amide bonds. The second-order valence-electron chi connectivity index (χ2n) is 4.69. The summed E-state index contributed by atoms with van der Waals surface area (Å²) in [7, 11) is 1.35. The average molecular weight is 253 g/mol. The maximum absolute atomic E-state index is 13.2. The van der Waals surface area contributed by atoms with E-state index in [1.54, 1.807) is 0 Å². The number of methoxy groups -OCH3 is 1. The van der Waals surface area contributed by atoms with Crippen molar-refractivity contribution in [2.24, 2.45) is 5.41 Å². The van der Waals surface area contributed by atoms with Crippen molar-refractivity contribution in [2.45, 2.75) is 12.8 Å². The van der Waals surface area contributed by atoms with Crippen molar-refractivity contribution < 1.29 is 19.0 Å². The van der Waals surface area contributed by atoms with Gasteiger partial charge in [0, 0.05) is 17.5 Å². The molecule has 1 aromatic carbocycles. The molecule has 0 atom stereocenters. The molecule has 2 N–H and O–H groups in total. The van der Waals surface area contributed by atoms with Gasteiger partial charge in [-0.1, -0.05) is 0 Å². The second-order valence-corrected chi connectivity index (χ2v) is 4.69. The van der Waals surface area contributed by atoms with E-state index in [0.29, 0.717) is 12.1 Å². The molecule has 18 heavy (non-hydrogen) atoms. The maximum atomic E-state index is 13.2. The van der Waals surface area contributed by atoms with Crippen molar-refractivity contribution in [1.82, 2.24) is 5.32 Å². The Morgan fingerprint density at radius 1 is 1.56 bits per heavy atom. The van der Waals surface area contributed by atoms with Crippen LogP contribution in [0, 0.1) is 11.2 Å². The summed E-state index contributed by atoms with van der Waals surface area (Å²) in [6, 6.07) is 3.97. The van der Waals surface area contributed by atoms with E-state index in [1.165, 1.54) is 25.3 Å². The van der Waals surface area contributed by atoms with Crippen molar-refractivity contribution in [3.8, 4) is 5.75 Å². The number of aliphatic hydroxyl groups is 1. The van der Waals surface area contributed by atoms with Gasteiger partial charge in [-0.2, -0.15) is 0 Å². The molecule has 0 aliphatic heterocycles. The van der Waals surface area contributed by atoms with Crippen molar-refractivity contribution in [3.05, 3.63) is 29.6 Å². The van der Waals surface area contributed by atoms with E-state index in [-0.39, 0.29) is 23.7 Å². The molecule has 0 radical (unpaired) electrons. The first-order valence-electron chi connectivity index (χ1n) is 5.83. The molecular formula is C13H16FNO3. The van der Waals surface area contributed by atoms with Gasteiger partial charge in [-0.15, -0.1) is 0 Å². The van der Waals surface area contributed by atoms with Crippen molar-refractivity contribution in [3.63, 3.8) is 0 Å². The van der Waals surface area contributed by atoms with Gasteiger partial charge in [0.25, 0.3) is 5.91 Å². The predicted octanol–water partition coefficient (Wildman–Crippen LogP) is 1.34. The molecule has 0 aromatic heterocycles. The molecule has 1 aromatic rings. The minimum Gasteiger partial charge on any atom is -0.494 e. The number of halogens is 1. The summed E-state index contributed by atoms with van der Waals surface area (Å²) >= 11 is 0. The van der Waals surface area contributed by atoms with E-state index < -0.39 is 5.82 Å². The van der Waals surface area contributed by atoms with E-state index in [2.05, 4.69) is 5.32 Å². The molecule has 1 saturated carbocycles. The van der Waals surface area contributed by atoms with Crippen LogP contribution in [0.5, 0.6) is 5.75 Å². The number of amides is 1. The summed E-state index contributed by atoms with van der Waals surface area (Å²) < 4.78 is 18.0. The SMILES string of the molecule is COc1cc(C(=O)NCC2(CO)CC2)ccc1F. The molecule has 1 aliphatic rings. The summed E-state index contributed by atoms with van der Waals surface area (Å²) in [4.78, 5) is 11.8. The Morgan fingerprint density at radius 3 is 2.83 bits per heavy atom. The van der Waals surface area contributed by atoms with Crippen LogP contribution < -0.4 is 10.1 Å². The van der Waals surface area contributed by atoms with Gasteiger partial charge in [0.05, 0.1) is 13.7 Å². The van der Waals surface area contributed by atoms with Crippen LogP contribution in [0.15, 0.2) is 18.2 Å². The van der Waals surface area contributed by atoms with Gasteiger partial charge in [0.15, 0.2) is 11.6 Å². The highest BCUT2D eigenvalue weighted by atomic mass is 19.1. The van der Waals surface area contributed by atoms with Gasteiger partial charge >= 0.3 is 0 Å². The lowest BCUT2D eigenvalue weighted by Gasteiger charge is -2.13. The Balaban J connectivity index is 2.00. The largest absolute Gasteiger partial charge is 0.494 e. The molecule has 1 aliphatic carbocycles. The molecule has 4 nitrogen and oxygen atoms in total. The number of carbonyl (C=O) groups excluding carboxylic acids is 1. The lowest BCUT2D eigenvalue weighted by atomic mass is 10.1. The topological polar surface area (TPSA) is 58.6 Å². The van der Waals surface area contributed by atoms with E-state index in [0.717, 1.165) is 12.8 Å². The number of ether oxygens (including phenoxy) is 1. The number of aliphatic hydroxyl groups excluding tert-OH is 1. The molecule has 0 saturated heterocycles. The summed E-state index contributed by atoms with van der Waals surface area (Å²) in [5.41, 5.74) is 0.210. The van der Waals surface area contributed by atoms with Gasteiger partial charge in [-0.25, -0.2) is 4.39 Å². The highest BCUT2D eigenvalue weighted by Crippen LogP contribution is 2.44. The van der Waals surface area contributed by atoms with E-state index in [4.69, 9.17) is 9.84 Å². The molecule has 98 valence electrons. The monoisotopic (exact) mass is 253 g/mol. The smallest absolute Gasteiger partial charge is 0.251 e. The highest BCUT2D eigenvalue weighted by molar-refractivity contribution is 5.94. The lowest BCUT2D eigenvalue weighted by Crippen LogP contribution is -2.31. The number of hydrogen-bond donors (Lipinski definition) is 2. The summed E-state index contributed by atoms with van der Waals surface area (Å²) in [6.07, 6.45) is 1.85. The fourth-order valence-corrected chi connectivity index (χ4v) is 1.74. The Hall–Kier alpha value is -1.62. The lowest BCUT2D eigenvalue weighted by molar-refractivity contribution is 0.0935. The Labute approximate surface area is 105 Å². The van der Waals surface area contributed by atoms with Crippen LogP contribution in [0.4, 0.5) is 4.39 Å². The second kappa shape index (κ2) is 4.94. The molecule has 0 heterocycles. The van der Waals surface area contributed by atoms with Gasteiger partial charge in [0.1, 0.15) is 0 Å². The average Bonchev–Trinajstić information content (AvgIpc) is 3.17. The van der Waals surface area contributed by atoms with E-state index >= 15 is 0 Å². The van der Waals surface area contributed by atoms with Crippen LogP contribution in [0.2, 0.25) is 0 Å². The third-order valence-corrected chi connectivity index (χ3v) is 3.33. The first-order chi connectivity index (χ1) is 8.60. The molecule has 2 rings (SSSR count). The quantitative estimate of drug-likeness (QED) is 0.832. The first-order valence-corrected chi connectivity index (χ1v) is 5.83. The van der Waals surface area contributed by atoms with Crippen LogP contribution in [-0.4, -0.2) is 31.3 Å². The summed E-state index contributed by atoms with van der Waals surface area (Å²) in [5, 5.41) is 11.9. The van der Waals surface area contributed by atoms with E-state index in [9.17, 15) is 9.18 Å². The van der Waals surface area contributed by atoms with Crippen molar-refractivity contribution in [1.29, 1.82) is 0 Å². The molecule has 1 fully saturated rings. The van der Waals surface area contributed by atoms with Gasteiger partial charge in [-0.3, -0.25) is 4.79 Å². The fraction of sp³-hybridized carbons (Fsp3) is 0.462. The van der Waals surface area contributed by atoms with Crippen LogP contribution in [-0.2, 0) is 0 Å². The molecule has 0 bridgehead atoms. The minimum absolute atomic E-state index is 0.0472. The van der Waals surface area contributed by atoms with Crippen LogP contribution in [0.3, 0.4) is 0 Å². The number of carbonyl (C=O) groups is 1. The number of rotatable bonds is 5. The zero-order chi connectivity index (χ0) is 13.2. The standard InChI is InChI=1S/C13H16FNO3/c1-18-11-6-9(2-3-10(11)14)12(17)15-7-13(8-16)4-5-13/h2-3,6,16H,4-5,7-8H2,1H3,(H,15,17).